The fourth-order valence-corrected chi connectivity index (χ4v) is 5.50. The molecule has 0 bridgehead atoms. The van der Waals surface area contributed by atoms with Gasteiger partial charge in [0.2, 0.25) is 0 Å². The number of H-pyrrole nitrogens is 1. The van der Waals surface area contributed by atoms with Gasteiger partial charge in [0.05, 0.1) is 0 Å². The highest BCUT2D eigenvalue weighted by molar-refractivity contribution is 5.99. The summed E-state index contributed by atoms with van der Waals surface area (Å²) in [6.45, 7) is 15.3. The van der Waals surface area contributed by atoms with E-state index in [-0.39, 0.29) is 5.41 Å². The van der Waals surface area contributed by atoms with E-state index in [1.165, 1.54) is 52.3 Å². The minimum atomic E-state index is 0.276. The third-order valence-electron chi connectivity index (χ3n) is 7.10. The topological polar surface area (TPSA) is 15.8 Å². The number of nitrogens with one attached hydrogen (secondary N) is 1. The lowest BCUT2D eigenvalue weighted by Crippen LogP contribution is -2.30. The van der Waals surface area contributed by atoms with Crippen molar-refractivity contribution in [1.29, 1.82) is 0 Å². The molecule has 1 nitrogen and oxygen atoms in total. The summed E-state index contributed by atoms with van der Waals surface area (Å²) in [6, 6.07) is 12.7. The quantitative estimate of drug-likeness (QED) is 0.420. The van der Waals surface area contributed by atoms with Crippen LogP contribution in [-0.2, 0) is 0 Å². The van der Waals surface area contributed by atoms with Crippen molar-refractivity contribution < 1.29 is 0 Å². The fourth-order valence-electron chi connectivity index (χ4n) is 5.50. The molecule has 0 spiro atoms. The Labute approximate surface area is 181 Å². The maximum absolute atomic E-state index is 4.34. The van der Waals surface area contributed by atoms with Crippen molar-refractivity contribution >= 4 is 22.4 Å². The number of aromatic nitrogens is 1. The molecule has 2 aliphatic rings. The summed E-state index contributed by atoms with van der Waals surface area (Å²) in [7, 11) is 0. The van der Waals surface area contributed by atoms with E-state index >= 15 is 0 Å². The van der Waals surface area contributed by atoms with Gasteiger partial charge in [-0.25, -0.2) is 0 Å². The number of hydrogen-bond acceptors (Lipinski definition) is 0. The molecule has 1 heterocycles. The average Bonchev–Trinajstić information content (AvgIpc) is 3.34. The SMILES string of the molecule is C=CC1(C)CCC2c3c(C(=C)C)c(C)c4ccccc4c3C=CC2C1.c1cc[nH]c1. The highest BCUT2D eigenvalue weighted by Gasteiger charge is 2.39. The van der Waals surface area contributed by atoms with Crippen LogP contribution in [0.5, 0.6) is 0 Å². The second-order valence-electron chi connectivity index (χ2n) is 9.27. The van der Waals surface area contributed by atoms with Crippen molar-refractivity contribution in [2.75, 3.05) is 0 Å². The summed E-state index contributed by atoms with van der Waals surface area (Å²) in [5, 5.41) is 2.76. The average molecular weight is 396 g/mol. The van der Waals surface area contributed by atoms with Gasteiger partial charge < -0.3 is 4.98 Å². The van der Waals surface area contributed by atoms with Crippen molar-refractivity contribution in [3.05, 3.63) is 96.4 Å². The Morgan fingerprint density at radius 2 is 1.83 bits per heavy atom. The summed E-state index contributed by atoms with van der Waals surface area (Å²) in [5.74, 6) is 1.23. The molecule has 5 rings (SSSR count). The van der Waals surface area contributed by atoms with Gasteiger partial charge in [0.1, 0.15) is 0 Å². The maximum atomic E-state index is 4.34. The normalized spacial score (nSPS) is 24.4. The smallest absolute Gasteiger partial charge is 0.000496 e. The summed E-state index contributed by atoms with van der Waals surface area (Å²) in [5.41, 5.74) is 7.27. The second kappa shape index (κ2) is 8.14. The van der Waals surface area contributed by atoms with Crippen LogP contribution in [-0.4, -0.2) is 4.98 Å². The van der Waals surface area contributed by atoms with Gasteiger partial charge in [0, 0.05) is 12.4 Å². The van der Waals surface area contributed by atoms with Crippen LogP contribution in [0.1, 0.15) is 61.3 Å². The molecule has 1 fully saturated rings. The zero-order valence-electron chi connectivity index (χ0n) is 18.5. The predicted octanol–water partition coefficient (Wildman–Crippen LogP) is 8.30. The number of hydrogen-bond donors (Lipinski definition) is 1. The van der Waals surface area contributed by atoms with Gasteiger partial charge >= 0.3 is 0 Å². The van der Waals surface area contributed by atoms with E-state index in [2.05, 4.69) is 81.4 Å². The van der Waals surface area contributed by atoms with E-state index in [1.807, 2.05) is 24.5 Å². The maximum Gasteiger partial charge on any atom is 0.000496 e. The Balaban J connectivity index is 0.000000383. The first kappa shape index (κ1) is 20.5. The van der Waals surface area contributed by atoms with Crippen molar-refractivity contribution in [1.82, 2.24) is 4.98 Å². The zero-order chi connectivity index (χ0) is 21.3. The van der Waals surface area contributed by atoms with E-state index in [0.717, 1.165) is 0 Å². The Kier molecular flexibility index (Phi) is 5.56. The molecule has 0 aliphatic heterocycles. The Morgan fingerprint density at radius 1 is 1.13 bits per heavy atom. The van der Waals surface area contributed by atoms with Crippen LogP contribution in [0.15, 0.2) is 74.1 Å². The monoisotopic (exact) mass is 395 g/mol. The van der Waals surface area contributed by atoms with E-state index in [4.69, 9.17) is 0 Å². The molecule has 2 aromatic carbocycles. The van der Waals surface area contributed by atoms with Gasteiger partial charge in [-0.3, -0.25) is 0 Å². The molecular formula is C29H33N. The first-order valence-corrected chi connectivity index (χ1v) is 11.1. The minimum absolute atomic E-state index is 0.276. The van der Waals surface area contributed by atoms with E-state index in [1.54, 1.807) is 5.56 Å². The molecule has 1 aromatic heterocycles. The van der Waals surface area contributed by atoms with Crippen molar-refractivity contribution in [3.8, 4) is 0 Å². The van der Waals surface area contributed by atoms with Crippen LogP contribution < -0.4 is 0 Å². The number of fused-ring (bicyclic) bond motifs is 5. The molecule has 1 N–H and O–H groups in total. The van der Waals surface area contributed by atoms with Gasteiger partial charge in [-0.05, 0) is 95.5 Å². The molecule has 3 atom stereocenters. The summed E-state index contributed by atoms with van der Waals surface area (Å²) in [4.78, 5) is 2.86. The van der Waals surface area contributed by atoms with Crippen molar-refractivity contribution in [2.45, 2.75) is 46.0 Å². The lowest BCUT2D eigenvalue weighted by molar-refractivity contribution is 0.213. The lowest BCUT2D eigenvalue weighted by atomic mass is 9.61. The zero-order valence-corrected chi connectivity index (χ0v) is 18.5. The summed E-state index contributed by atoms with van der Waals surface area (Å²) in [6.07, 6.45) is 14.5. The number of allylic oxidation sites excluding steroid dienone is 3. The molecule has 1 saturated carbocycles. The summed E-state index contributed by atoms with van der Waals surface area (Å²) < 4.78 is 0. The molecule has 0 amide bonds. The Hall–Kier alpha value is -2.80. The first-order chi connectivity index (χ1) is 14.4. The molecule has 2 aliphatic carbocycles. The van der Waals surface area contributed by atoms with Crippen LogP contribution in [0, 0.1) is 18.3 Å². The van der Waals surface area contributed by atoms with Gasteiger partial charge in [-0.15, -0.1) is 6.58 Å². The molecule has 0 radical (unpaired) electrons. The standard InChI is InChI=1S/C25H28.C4H5N/c1-6-25(5)14-13-20-18(15-25)11-12-22-21-10-8-7-9-19(21)17(4)23(16(2)3)24(20)22;1-2-4-5-3-1/h6-12,18,20H,1-2,13-15H2,3-5H3;1-5H. The van der Waals surface area contributed by atoms with E-state index in [9.17, 15) is 0 Å². The molecular weight excluding hydrogens is 362 g/mol. The molecule has 30 heavy (non-hydrogen) atoms. The van der Waals surface area contributed by atoms with E-state index in [0.29, 0.717) is 11.8 Å². The van der Waals surface area contributed by atoms with Crippen molar-refractivity contribution in [3.63, 3.8) is 0 Å². The van der Waals surface area contributed by atoms with E-state index < -0.39 is 0 Å². The molecule has 3 unspecified atom stereocenters. The highest BCUT2D eigenvalue weighted by Crippen LogP contribution is 2.53. The van der Waals surface area contributed by atoms with Crippen LogP contribution >= 0.6 is 0 Å². The Bertz CT molecular complexity index is 1080. The second-order valence-corrected chi connectivity index (χ2v) is 9.27. The van der Waals surface area contributed by atoms with Crippen LogP contribution in [0.3, 0.4) is 0 Å². The number of aromatic amines is 1. The van der Waals surface area contributed by atoms with Gasteiger partial charge in [-0.1, -0.05) is 61.6 Å². The molecule has 3 aromatic rings. The number of aryl methyl sites for hydroxylation is 1. The molecule has 1 heteroatoms. The fraction of sp³-hybridized carbons (Fsp3) is 0.310. The number of rotatable bonds is 2. The van der Waals surface area contributed by atoms with Crippen LogP contribution in [0.4, 0.5) is 0 Å². The predicted molar refractivity (Wildman–Crippen MR) is 132 cm³/mol. The van der Waals surface area contributed by atoms with Gasteiger partial charge in [-0.2, -0.15) is 0 Å². The highest BCUT2D eigenvalue weighted by atomic mass is 14.6. The largest absolute Gasteiger partial charge is 0.368 e. The van der Waals surface area contributed by atoms with Crippen molar-refractivity contribution in [2.24, 2.45) is 11.3 Å². The van der Waals surface area contributed by atoms with Crippen LogP contribution in [0.25, 0.3) is 22.4 Å². The third kappa shape index (κ3) is 3.58. The third-order valence-corrected chi connectivity index (χ3v) is 7.10. The van der Waals surface area contributed by atoms with Gasteiger partial charge in [0.15, 0.2) is 0 Å². The lowest BCUT2D eigenvalue weighted by Gasteiger charge is -2.43. The summed E-state index contributed by atoms with van der Waals surface area (Å²) >= 11 is 0. The van der Waals surface area contributed by atoms with Gasteiger partial charge in [0.25, 0.3) is 0 Å². The molecule has 154 valence electrons. The minimum Gasteiger partial charge on any atom is -0.368 e. The first-order valence-electron chi connectivity index (χ1n) is 11.1. The van der Waals surface area contributed by atoms with Crippen LogP contribution in [0.2, 0.25) is 0 Å². The Morgan fingerprint density at radius 3 is 2.43 bits per heavy atom. The molecule has 0 saturated heterocycles. The number of benzene rings is 2.